The van der Waals surface area contributed by atoms with Crippen LogP contribution in [0.3, 0.4) is 0 Å². The molecule has 0 aliphatic rings. The molecule has 0 bridgehead atoms. The molecular weight excluding hydrogens is 278 g/mol. The summed E-state index contributed by atoms with van der Waals surface area (Å²) < 4.78 is 19.5. The predicted octanol–water partition coefficient (Wildman–Crippen LogP) is 1.33. The number of anilines is 1. The zero-order valence-corrected chi connectivity index (χ0v) is 11.6. The van der Waals surface area contributed by atoms with E-state index in [1.165, 1.54) is 6.33 Å². The summed E-state index contributed by atoms with van der Waals surface area (Å²) in [5, 5.41) is 4.22. The van der Waals surface area contributed by atoms with Gasteiger partial charge in [0.25, 0.3) is 5.22 Å². The standard InChI is InChI=1S/C12H13N5O2S/c1-2-17-11(14-7-15-17)6-20(18)12-16-9-4-3-8(13)5-10(9)19-12/h3-5,7H,2,6,13H2,1H3. The van der Waals surface area contributed by atoms with Gasteiger partial charge in [-0.05, 0) is 19.1 Å². The zero-order chi connectivity index (χ0) is 14.1. The van der Waals surface area contributed by atoms with Crippen LogP contribution in [0.4, 0.5) is 5.69 Å². The molecule has 1 atom stereocenters. The van der Waals surface area contributed by atoms with Crippen LogP contribution in [0, 0.1) is 0 Å². The van der Waals surface area contributed by atoms with Crippen LogP contribution in [0.2, 0.25) is 0 Å². The Labute approximate surface area is 117 Å². The van der Waals surface area contributed by atoms with Gasteiger partial charge in [0.2, 0.25) is 0 Å². The number of aromatic nitrogens is 4. The summed E-state index contributed by atoms with van der Waals surface area (Å²) in [4.78, 5) is 8.30. The first-order chi connectivity index (χ1) is 9.67. The van der Waals surface area contributed by atoms with Crippen molar-refractivity contribution in [3.05, 3.63) is 30.4 Å². The minimum Gasteiger partial charge on any atom is -0.430 e. The smallest absolute Gasteiger partial charge is 0.288 e. The fraction of sp³-hybridized carbons (Fsp3) is 0.250. The first kappa shape index (κ1) is 12.8. The second-order valence-corrected chi connectivity index (χ2v) is 5.52. The molecule has 1 unspecified atom stereocenters. The molecule has 2 aromatic heterocycles. The van der Waals surface area contributed by atoms with Crippen LogP contribution in [0.15, 0.2) is 34.2 Å². The van der Waals surface area contributed by atoms with Gasteiger partial charge in [-0.25, -0.2) is 18.9 Å². The summed E-state index contributed by atoms with van der Waals surface area (Å²) in [6.07, 6.45) is 1.45. The third kappa shape index (κ3) is 2.29. The van der Waals surface area contributed by atoms with Crippen LogP contribution in [-0.4, -0.2) is 24.0 Å². The Morgan fingerprint density at radius 3 is 3.10 bits per heavy atom. The van der Waals surface area contributed by atoms with Crippen LogP contribution >= 0.6 is 0 Å². The van der Waals surface area contributed by atoms with Crippen molar-refractivity contribution < 1.29 is 8.63 Å². The fourth-order valence-electron chi connectivity index (χ4n) is 1.86. The van der Waals surface area contributed by atoms with E-state index in [4.69, 9.17) is 10.2 Å². The zero-order valence-electron chi connectivity index (χ0n) is 10.8. The number of nitrogen functional groups attached to an aromatic ring is 1. The number of fused-ring (bicyclic) bond motifs is 1. The van der Waals surface area contributed by atoms with Crippen molar-refractivity contribution in [2.75, 3.05) is 5.73 Å². The molecule has 0 aliphatic carbocycles. The summed E-state index contributed by atoms with van der Waals surface area (Å²) in [6, 6.07) is 5.13. The minimum absolute atomic E-state index is 0.177. The highest BCUT2D eigenvalue weighted by Crippen LogP contribution is 2.21. The Kier molecular flexibility index (Phi) is 3.23. The molecule has 0 aliphatic heterocycles. The average Bonchev–Trinajstić information content (AvgIpc) is 3.04. The van der Waals surface area contributed by atoms with Crippen LogP contribution in [0.25, 0.3) is 11.1 Å². The molecule has 20 heavy (non-hydrogen) atoms. The number of aryl methyl sites for hydroxylation is 1. The summed E-state index contributed by atoms with van der Waals surface area (Å²) >= 11 is 0. The number of rotatable bonds is 4. The average molecular weight is 291 g/mol. The molecule has 3 aromatic rings. The van der Waals surface area contributed by atoms with Crippen molar-refractivity contribution in [2.24, 2.45) is 0 Å². The molecule has 3 rings (SSSR count). The van der Waals surface area contributed by atoms with Crippen LogP contribution in [0.1, 0.15) is 12.7 Å². The topological polar surface area (TPSA) is 99.8 Å². The molecular formula is C12H13N5O2S. The highest BCUT2D eigenvalue weighted by Gasteiger charge is 2.16. The van der Waals surface area contributed by atoms with Gasteiger partial charge in [-0.2, -0.15) is 5.10 Å². The Hall–Kier alpha value is -2.22. The van der Waals surface area contributed by atoms with Crippen molar-refractivity contribution in [1.29, 1.82) is 0 Å². The second-order valence-electron chi connectivity index (χ2n) is 4.19. The molecule has 0 fully saturated rings. The Bertz CT molecular complexity index is 779. The van der Waals surface area contributed by atoms with Crippen LogP contribution in [-0.2, 0) is 23.1 Å². The van der Waals surface area contributed by atoms with Gasteiger partial charge < -0.3 is 10.2 Å². The number of hydrogen-bond donors (Lipinski definition) is 1. The third-order valence-corrected chi connectivity index (χ3v) is 3.93. The van der Waals surface area contributed by atoms with Crippen molar-refractivity contribution in [3.8, 4) is 0 Å². The lowest BCUT2D eigenvalue weighted by Crippen LogP contribution is -2.07. The summed E-state index contributed by atoms with van der Waals surface area (Å²) in [6.45, 7) is 2.62. The van der Waals surface area contributed by atoms with E-state index in [1.807, 2.05) is 6.92 Å². The molecule has 0 amide bonds. The highest BCUT2D eigenvalue weighted by atomic mass is 32.2. The van der Waals surface area contributed by atoms with Gasteiger partial charge in [-0.15, -0.1) is 0 Å². The summed E-state index contributed by atoms with van der Waals surface area (Å²) in [5.41, 5.74) is 7.42. The predicted molar refractivity (Wildman–Crippen MR) is 74.2 cm³/mol. The minimum atomic E-state index is -1.41. The lowest BCUT2D eigenvalue weighted by molar-refractivity contribution is 0.477. The Morgan fingerprint density at radius 1 is 1.45 bits per heavy atom. The van der Waals surface area contributed by atoms with E-state index in [9.17, 15) is 4.21 Å². The number of nitrogens with two attached hydrogens (primary N) is 1. The normalized spacial score (nSPS) is 12.8. The molecule has 8 heteroatoms. The van der Waals surface area contributed by atoms with Crippen molar-refractivity contribution in [3.63, 3.8) is 0 Å². The first-order valence-electron chi connectivity index (χ1n) is 6.08. The van der Waals surface area contributed by atoms with Gasteiger partial charge in [0.05, 0.1) is 5.75 Å². The maximum absolute atomic E-state index is 12.3. The molecule has 1 aromatic carbocycles. The summed E-state index contributed by atoms with van der Waals surface area (Å²) in [7, 11) is -1.41. The fourth-order valence-corrected chi connectivity index (χ4v) is 2.82. The molecule has 0 spiro atoms. The Morgan fingerprint density at radius 2 is 2.30 bits per heavy atom. The molecule has 7 nitrogen and oxygen atoms in total. The molecule has 0 radical (unpaired) electrons. The van der Waals surface area contributed by atoms with Crippen LogP contribution in [0.5, 0.6) is 0 Å². The van der Waals surface area contributed by atoms with Crippen molar-refractivity contribution in [1.82, 2.24) is 19.7 Å². The van der Waals surface area contributed by atoms with E-state index in [2.05, 4.69) is 15.1 Å². The van der Waals surface area contributed by atoms with E-state index in [-0.39, 0.29) is 11.0 Å². The number of oxazole rings is 1. The van der Waals surface area contributed by atoms with Gasteiger partial charge in [-0.3, -0.25) is 0 Å². The largest absolute Gasteiger partial charge is 0.430 e. The van der Waals surface area contributed by atoms with Gasteiger partial charge >= 0.3 is 0 Å². The number of benzene rings is 1. The van der Waals surface area contributed by atoms with Gasteiger partial charge in [0.15, 0.2) is 5.58 Å². The van der Waals surface area contributed by atoms with E-state index in [1.54, 1.807) is 22.9 Å². The van der Waals surface area contributed by atoms with E-state index in [0.29, 0.717) is 29.2 Å². The molecule has 2 heterocycles. The molecule has 104 valence electrons. The van der Waals surface area contributed by atoms with Gasteiger partial charge in [0.1, 0.15) is 28.5 Å². The number of nitrogens with zero attached hydrogens (tertiary/aromatic N) is 4. The maximum atomic E-state index is 12.3. The molecule has 0 saturated carbocycles. The van der Waals surface area contributed by atoms with Crippen LogP contribution < -0.4 is 5.73 Å². The highest BCUT2D eigenvalue weighted by molar-refractivity contribution is 7.84. The SMILES string of the molecule is CCn1ncnc1CS(=O)c1nc2ccc(N)cc2o1. The number of hydrogen-bond acceptors (Lipinski definition) is 6. The molecule has 0 saturated heterocycles. The quantitative estimate of drug-likeness (QED) is 0.728. The Balaban J connectivity index is 1.89. The van der Waals surface area contributed by atoms with Crippen molar-refractivity contribution >= 4 is 27.6 Å². The lowest BCUT2D eigenvalue weighted by atomic mass is 10.3. The van der Waals surface area contributed by atoms with Gasteiger partial charge in [-0.1, -0.05) is 0 Å². The maximum Gasteiger partial charge on any atom is 0.288 e. The van der Waals surface area contributed by atoms with E-state index in [0.717, 1.165) is 0 Å². The molecule has 2 N–H and O–H groups in total. The van der Waals surface area contributed by atoms with Crippen molar-refractivity contribution in [2.45, 2.75) is 24.4 Å². The lowest BCUT2D eigenvalue weighted by Gasteiger charge is -2.00. The third-order valence-electron chi connectivity index (χ3n) is 2.84. The second kappa shape index (κ2) is 5.04. The summed E-state index contributed by atoms with van der Waals surface area (Å²) in [5.74, 6) is 0.864. The van der Waals surface area contributed by atoms with E-state index >= 15 is 0 Å². The van der Waals surface area contributed by atoms with Gasteiger partial charge in [0, 0.05) is 18.3 Å². The monoisotopic (exact) mass is 291 g/mol. The van der Waals surface area contributed by atoms with E-state index < -0.39 is 10.8 Å². The first-order valence-corrected chi connectivity index (χ1v) is 7.40.